The first-order valence-electron chi connectivity index (χ1n) is 9.67. The van der Waals surface area contributed by atoms with Gasteiger partial charge in [0.25, 0.3) is 0 Å². The Morgan fingerprint density at radius 1 is 1.11 bits per heavy atom. The number of likely N-dealkylation sites (N-methyl/N-ethyl adjacent to an activating group) is 1. The second kappa shape index (κ2) is 10.9. The third-order valence-electron chi connectivity index (χ3n) is 4.70. The molecular weight excluding hydrogens is 368 g/mol. The first-order chi connectivity index (χ1) is 13.4. The van der Waals surface area contributed by atoms with Crippen molar-refractivity contribution in [1.29, 1.82) is 0 Å². The largest absolute Gasteiger partial charge is 0.355 e. The van der Waals surface area contributed by atoms with Gasteiger partial charge in [-0.3, -0.25) is 9.59 Å². The molecule has 1 N–H and O–H groups in total. The molecule has 150 valence electrons. The number of benzene rings is 2. The highest BCUT2D eigenvalue weighted by atomic mass is 32.2. The van der Waals surface area contributed by atoms with Crippen molar-refractivity contribution in [2.24, 2.45) is 0 Å². The molecule has 0 radical (unpaired) electrons. The van der Waals surface area contributed by atoms with Crippen molar-refractivity contribution in [2.45, 2.75) is 46.0 Å². The minimum absolute atomic E-state index is 0.0142. The fraction of sp³-hybridized carbons (Fsp3) is 0.391. The summed E-state index contributed by atoms with van der Waals surface area (Å²) in [5.74, 6) is 0.998. The average Bonchev–Trinajstić information content (AvgIpc) is 2.67. The number of carbonyl (C=O) groups is 2. The molecule has 0 saturated heterocycles. The number of carbonyl (C=O) groups excluding carboxylic acids is 2. The highest BCUT2D eigenvalue weighted by Gasteiger charge is 2.26. The fourth-order valence-corrected chi connectivity index (χ4v) is 3.87. The van der Waals surface area contributed by atoms with Gasteiger partial charge in [0.2, 0.25) is 11.8 Å². The molecule has 0 aliphatic rings. The molecule has 2 aromatic rings. The van der Waals surface area contributed by atoms with E-state index in [1.165, 1.54) is 11.1 Å². The molecule has 0 heterocycles. The summed E-state index contributed by atoms with van der Waals surface area (Å²) in [5.41, 5.74) is 4.61. The van der Waals surface area contributed by atoms with Crippen molar-refractivity contribution >= 4 is 23.6 Å². The summed E-state index contributed by atoms with van der Waals surface area (Å²) in [6.45, 7) is 8.77. The van der Waals surface area contributed by atoms with Gasteiger partial charge in [-0.15, -0.1) is 11.8 Å². The number of hydrogen-bond acceptors (Lipinski definition) is 3. The van der Waals surface area contributed by atoms with Crippen molar-refractivity contribution < 1.29 is 9.59 Å². The van der Waals surface area contributed by atoms with Gasteiger partial charge in [-0.1, -0.05) is 54.1 Å². The molecule has 0 bridgehead atoms. The molecule has 0 aliphatic carbocycles. The molecule has 0 fully saturated rings. The van der Waals surface area contributed by atoms with E-state index < -0.39 is 6.04 Å². The number of hydrogen-bond donors (Lipinski definition) is 1. The van der Waals surface area contributed by atoms with Gasteiger partial charge in [0.05, 0.1) is 5.75 Å². The molecule has 0 spiro atoms. The Morgan fingerprint density at radius 3 is 2.54 bits per heavy atom. The molecule has 2 amide bonds. The Balaban J connectivity index is 2.07. The fourth-order valence-electron chi connectivity index (χ4n) is 3.02. The zero-order valence-corrected chi connectivity index (χ0v) is 18.0. The lowest BCUT2D eigenvalue weighted by atomic mass is 10.1. The number of thioether (sulfide) groups is 1. The summed E-state index contributed by atoms with van der Waals surface area (Å²) in [6.07, 6.45) is 0. The van der Waals surface area contributed by atoms with Gasteiger partial charge in [-0.05, 0) is 44.4 Å². The number of nitrogens with one attached hydrogen (secondary N) is 1. The molecular formula is C23H30N2O2S. The van der Waals surface area contributed by atoms with Gasteiger partial charge < -0.3 is 10.2 Å². The van der Waals surface area contributed by atoms with Crippen LogP contribution in [0, 0.1) is 13.8 Å². The van der Waals surface area contributed by atoms with Crippen LogP contribution in [0.25, 0.3) is 0 Å². The van der Waals surface area contributed by atoms with Gasteiger partial charge in [-0.25, -0.2) is 0 Å². The van der Waals surface area contributed by atoms with E-state index in [0.29, 0.717) is 18.8 Å². The summed E-state index contributed by atoms with van der Waals surface area (Å²) in [6, 6.07) is 15.8. The first-order valence-corrected chi connectivity index (χ1v) is 10.8. The van der Waals surface area contributed by atoms with E-state index in [9.17, 15) is 9.59 Å². The Morgan fingerprint density at radius 2 is 1.86 bits per heavy atom. The van der Waals surface area contributed by atoms with E-state index in [0.717, 1.165) is 16.9 Å². The van der Waals surface area contributed by atoms with Crippen molar-refractivity contribution in [2.75, 3.05) is 12.3 Å². The van der Waals surface area contributed by atoms with Crippen LogP contribution >= 0.6 is 11.8 Å². The molecule has 0 saturated carbocycles. The van der Waals surface area contributed by atoms with Gasteiger partial charge in [0.1, 0.15) is 6.04 Å². The van der Waals surface area contributed by atoms with Crippen LogP contribution in [-0.2, 0) is 21.9 Å². The van der Waals surface area contributed by atoms with Crippen LogP contribution < -0.4 is 5.32 Å². The molecule has 0 aliphatic heterocycles. The van der Waals surface area contributed by atoms with Crippen LogP contribution in [-0.4, -0.2) is 35.1 Å². The van der Waals surface area contributed by atoms with Crippen molar-refractivity contribution in [1.82, 2.24) is 10.2 Å². The average molecular weight is 399 g/mol. The van der Waals surface area contributed by atoms with Gasteiger partial charge in [0.15, 0.2) is 0 Å². The van der Waals surface area contributed by atoms with Crippen molar-refractivity contribution in [3.8, 4) is 0 Å². The van der Waals surface area contributed by atoms with E-state index in [2.05, 4.69) is 30.4 Å². The van der Waals surface area contributed by atoms with E-state index in [-0.39, 0.29) is 11.8 Å². The van der Waals surface area contributed by atoms with E-state index >= 15 is 0 Å². The number of rotatable bonds is 9. The van der Waals surface area contributed by atoms with Crippen LogP contribution in [0.5, 0.6) is 0 Å². The SMILES string of the molecule is CCNC(=O)[C@@H](C)N(Cc1ccccc1C)C(=O)CSCc1cccc(C)c1. The summed E-state index contributed by atoms with van der Waals surface area (Å²) >= 11 is 1.59. The lowest BCUT2D eigenvalue weighted by molar-refractivity contribution is -0.138. The topological polar surface area (TPSA) is 49.4 Å². The lowest BCUT2D eigenvalue weighted by Gasteiger charge is -2.29. The second-order valence-corrected chi connectivity index (χ2v) is 7.99. The third kappa shape index (κ3) is 6.41. The molecule has 5 heteroatoms. The number of nitrogens with zero attached hydrogens (tertiary/aromatic N) is 1. The lowest BCUT2D eigenvalue weighted by Crippen LogP contribution is -2.48. The van der Waals surface area contributed by atoms with Crippen LogP contribution in [0.4, 0.5) is 0 Å². The number of amides is 2. The maximum absolute atomic E-state index is 13.0. The van der Waals surface area contributed by atoms with Gasteiger partial charge in [-0.2, -0.15) is 0 Å². The van der Waals surface area contributed by atoms with Gasteiger partial charge >= 0.3 is 0 Å². The van der Waals surface area contributed by atoms with E-state index in [1.54, 1.807) is 23.6 Å². The molecule has 0 unspecified atom stereocenters. The smallest absolute Gasteiger partial charge is 0.242 e. The summed E-state index contributed by atoms with van der Waals surface area (Å²) in [5, 5.41) is 2.83. The molecule has 2 aromatic carbocycles. The molecule has 4 nitrogen and oxygen atoms in total. The standard InChI is InChI=1S/C23H30N2O2S/c1-5-24-23(27)19(4)25(14-21-12-7-6-10-18(21)3)22(26)16-28-15-20-11-8-9-17(2)13-20/h6-13,19H,5,14-16H2,1-4H3,(H,24,27)/t19-/m1/s1. The maximum atomic E-state index is 13.0. The maximum Gasteiger partial charge on any atom is 0.242 e. The van der Waals surface area contributed by atoms with E-state index in [4.69, 9.17) is 0 Å². The van der Waals surface area contributed by atoms with Crippen molar-refractivity contribution in [3.05, 3.63) is 70.8 Å². The van der Waals surface area contributed by atoms with Crippen LogP contribution in [0.1, 0.15) is 36.1 Å². The summed E-state index contributed by atoms with van der Waals surface area (Å²) < 4.78 is 0. The predicted octanol–water partition coefficient (Wildman–Crippen LogP) is 4.09. The Bertz CT molecular complexity index is 807. The minimum Gasteiger partial charge on any atom is -0.355 e. The highest BCUT2D eigenvalue weighted by Crippen LogP contribution is 2.18. The highest BCUT2D eigenvalue weighted by molar-refractivity contribution is 7.99. The molecule has 28 heavy (non-hydrogen) atoms. The Hall–Kier alpha value is -2.27. The van der Waals surface area contributed by atoms with Crippen LogP contribution in [0.3, 0.4) is 0 Å². The monoisotopic (exact) mass is 398 g/mol. The Kier molecular flexibility index (Phi) is 8.58. The predicted molar refractivity (Wildman–Crippen MR) is 117 cm³/mol. The summed E-state index contributed by atoms with van der Waals surface area (Å²) in [4.78, 5) is 27.1. The van der Waals surface area contributed by atoms with Crippen molar-refractivity contribution in [3.63, 3.8) is 0 Å². The van der Waals surface area contributed by atoms with Gasteiger partial charge in [0, 0.05) is 18.8 Å². The normalized spacial score (nSPS) is 11.7. The minimum atomic E-state index is -0.508. The zero-order valence-electron chi connectivity index (χ0n) is 17.2. The Labute approximate surface area is 172 Å². The molecule has 2 rings (SSSR count). The third-order valence-corrected chi connectivity index (χ3v) is 5.69. The zero-order chi connectivity index (χ0) is 20.5. The second-order valence-electron chi connectivity index (χ2n) is 7.00. The number of aryl methyl sites for hydroxylation is 2. The van der Waals surface area contributed by atoms with Crippen LogP contribution in [0.2, 0.25) is 0 Å². The van der Waals surface area contributed by atoms with E-state index in [1.807, 2.05) is 44.2 Å². The quantitative estimate of drug-likeness (QED) is 0.692. The molecule has 0 aromatic heterocycles. The van der Waals surface area contributed by atoms with Crippen LogP contribution in [0.15, 0.2) is 48.5 Å². The first kappa shape index (κ1) is 22.0. The summed E-state index contributed by atoms with van der Waals surface area (Å²) in [7, 11) is 0. The molecule has 1 atom stereocenters.